The van der Waals surface area contributed by atoms with Crippen LogP contribution in [0, 0.1) is 0 Å². The second-order valence-electron chi connectivity index (χ2n) is 2.99. The molecule has 0 aromatic carbocycles. The highest BCUT2D eigenvalue weighted by Crippen LogP contribution is 2.12. The summed E-state index contributed by atoms with van der Waals surface area (Å²) in [4.78, 5) is 20.7. The van der Waals surface area contributed by atoms with Gasteiger partial charge in [0.1, 0.15) is 18.0 Å². The number of aromatic nitrogens is 2. The van der Waals surface area contributed by atoms with Crippen molar-refractivity contribution in [2.75, 3.05) is 13.1 Å². The van der Waals surface area contributed by atoms with E-state index in [0.717, 1.165) is 12.4 Å². The largest absolute Gasteiger partial charge is 0.480 e. The third-order valence-corrected chi connectivity index (χ3v) is 3.49. The monoisotopic (exact) mass is 263 g/mol. The molecule has 94 valence electrons. The summed E-state index contributed by atoms with van der Waals surface area (Å²) >= 11 is 0. The van der Waals surface area contributed by atoms with E-state index in [4.69, 9.17) is 10.2 Å². The minimum atomic E-state index is -4.17. The van der Waals surface area contributed by atoms with Crippen molar-refractivity contribution in [1.29, 1.82) is 0 Å². The summed E-state index contributed by atoms with van der Waals surface area (Å²) in [5.41, 5.74) is 0. The molecule has 0 amide bonds. The van der Waals surface area contributed by atoms with E-state index in [9.17, 15) is 18.0 Å². The van der Waals surface area contributed by atoms with Crippen LogP contribution in [0.5, 0.6) is 0 Å². The standard InChI is InChI=1S/C7H9N3O6S/c11-6(12)3-10(4-7(13)14)17(15,16)5-1-8-9-2-5/h1-2H,3-4H2,(H,8,9)(H,11,12)(H,13,14). The molecule has 0 radical (unpaired) electrons. The Kier molecular flexibility index (Phi) is 3.81. The number of carboxylic acid groups (broad SMARTS) is 2. The van der Waals surface area contributed by atoms with Crippen molar-refractivity contribution in [2.45, 2.75) is 4.90 Å². The Labute approximate surface area is 95.7 Å². The Morgan fingerprint density at radius 3 is 2.18 bits per heavy atom. The number of hydrogen-bond donors (Lipinski definition) is 3. The van der Waals surface area contributed by atoms with Gasteiger partial charge < -0.3 is 10.2 Å². The second kappa shape index (κ2) is 4.93. The smallest absolute Gasteiger partial charge is 0.318 e. The predicted octanol–water partition coefficient (Wildman–Crippen LogP) is -1.43. The molecule has 0 atom stereocenters. The lowest BCUT2D eigenvalue weighted by Crippen LogP contribution is -2.39. The number of H-pyrrole nitrogens is 1. The molecular formula is C7H9N3O6S. The van der Waals surface area contributed by atoms with Crippen LogP contribution in [0.1, 0.15) is 0 Å². The van der Waals surface area contributed by atoms with Crippen molar-refractivity contribution < 1.29 is 28.2 Å². The highest BCUT2D eigenvalue weighted by Gasteiger charge is 2.29. The zero-order chi connectivity index (χ0) is 13.1. The van der Waals surface area contributed by atoms with Crippen LogP contribution in [0.25, 0.3) is 0 Å². The molecule has 0 saturated heterocycles. The average Bonchev–Trinajstić information content (AvgIpc) is 2.68. The van der Waals surface area contributed by atoms with Crippen LogP contribution in [0.3, 0.4) is 0 Å². The van der Waals surface area contributed by atoms with Crippen LogP contribution >= 0.6 is 0 Å². The van der Waals surface area contributed by atoms with Gasteiger partial charge in [0, 0.05) is 6.20 Å². The van der Waals surface area contributed by atoms with Crippen molar-refractivity contribution in [3.63, 3.8) is 0 Å². The van der Waals surface area contributed by atoms with Crippen LogP contribution in [0.15, 0.2) is 17.3 Å². The van der Waals surface area contributed by atoms with Crippen molar-refractivity contribution in [2.24, 2.45) is 0 Å². The molecule has 10 heteroatoms. The number of rotatable bonds is 6. The first kappa shape index (κ1) is 13.1. The normalized spacial score (nSPS) is 11.6. The van der Waals surface area contributed by atoms with E-state index in [1.807, 2.05) is 0 Å². The van der Waals surface area contributed by atoms with E-state index < -0.39 is 35.1 Å². The SMILES string of the molecule is O=C(O)CN(CC(=O)O)S(=O)(=O)c1cn[nH]c1. The van der Waals surface area contributed by atoms with Crippen LogP contribution in [0.2, 0.25) is 0 Å². The molecule has 17 heavy (non-hydrogen) atoms. The zero-order valence-electron chi connectivity index (χ0n) is 8.40. The molecule has 1 aromatic rings. The number of nitrogens with one attached hydrogen (secondary N) is 1. The van der Waals surface area contributed by atoms with E-state index in [1.54, 1.807) is 0 Å². The van der Waals surface area contributed by atoms with E-state index in [2.05, 4.69) is 10.2 Å². The summed E-state index contributed by atoms with van der Waals surface area (Å²) in [6.07, 6.45) is 2.00. The fraction of sp³-hybridized carbons (Fsp3) is 0.286. The van der Waals surface area contributed by atoms with E-state index in [0.29, 0.717) is 4.31 Å². The quantitative estimate of drug-likeness (QED) is 0.571. The van der Waals surface area contributed by atoms with E-state index >= 15 is 0 Å². The molecule has 0 bridgehead atoms. The maximum atomic E-state index is 11.8. The predicted molar refractivity (Wildman–Crippen MR) is 52.6 cm³/mol. The summed E-state index contributed by atoms with van der Waals surface area (Å²) in [6, 6.07) is 0. The average molecular weight is 263 g/mol. The molecule has 0 saturated carbocycles. The first-order valence-corrected chi connectivity index (χ1v) is 5.70. The lowest BCUT2D eigenvalue weighted by atomic mass is 10.6. The number of aromatic amines is 1. The number of aliphatic carboxylic acids is 2. The van der Waals surface area contributed by atoms with Gasteiger partial charge in [-0.2, -0.15) is 9.40 Å². The summed E-state index contributed by atoms with van der Waals surface area (Å²) in [5, 5.41) is 22.7. The highest BCUT2D eigenvalue weighted by molar-refractivity contribution is 7.89. The number of sulfonamides is 1. The molecule has 0 unspecified atom stereocenters. The third kappa shape index (κ3) is 3.26. The minimum Gasteiger partial charge on any atom is -0.480 e. The second-order valence-corrected chi connectivity index (χ2v) is 4.93. The van der Waals surface area contributed by atoms with Crippen molar-refractivity contribution >= 4 is 22.0 Å². The van der Waals surface area contributed by atoms with Crippen molar-refractivity contribution in [3.8, 4) is 0 Å². The lowest BCUT2D eigenvalue weighted by Gasteiger charge is -2.16. The topological polar surface area (TPSA) is 141 Å². The van der Waals surface area contributed by atoms with Gasteiger partial charge in [0.25, 0.3) is 0 Å². The first-order valence-electron chi connectivity index (χ1n) is 4.26. The maximum absolute atomic E-state index is 11.8. The van der Waals surface area contributed by atoms with Crippen molar-refractivity contribution in [1.82, 2.24) is 14.5 Å². The van der Waals surface area contributed by atoms with Crippen LogP contribution in [-0.4, -0.2) is 58.2 Å². The van der Waals surface area contributed by atoms with Gasteiger partial charge in [-0.3, -0.25) is 14.7 Å². The first-order chi connectivity index (χ1) is 7.84. The molecule has 0 spiro atoms. The van der Waals surface area contributed by atoms with Gasteiger partial charge in [-0.25, -0.2) is 8.42 Å². The molecule has 3 N–H and O–H groups in total. The van der Waals surface area contributed by atoms with Gasteiger partial charge in [0.15, 0.2) is 0 Å². The molecule has 1 rings (SSSR count). The van der Waals surface area contributed by atoms with Gasteiger partial charge in [-0.05, 0) is 0 Å². The van der Waals surface area contributed by atoms with Gasteiger partial charge >= 0.3 is 11.9 Å². The van der Waals surface area contributed by atoms with Gasteiger partial charge in [-0.15, -0.1) is 0 Å². The Bertz CT molecular complexity index is 492. The fourth-order valence-electron chi connectivity index (χ4n) is 1.06. The molecule has 0 aliphatic rings. The van der Waals surface area contributed by atoms with Crippen LogP contribution < -0.4 is 0 Å². The van der Waals surface area contributed by atoms with Gasteiger partial charge in [0.2, 0.25) is 10.0 Å². The van der Waals surface area contributed by atoms with E-state index in [1.165, 1.54) is 0 Å². The number of carboxylic acids is 2. The highest BCUT2D eigenvalue weighted by atomic mass is 32.2. The summed E-state index contributed by atoms with van der Waals surface area (Å²) in [7, 11) is -4.17. The number of carbonyl (C=O) groups is 2. The molecular weight excluding hydrogens is 254 g/mol. The lowest BCUT2D eigenvalue weighted by molar-refractivity contribution is -0.139. The summed E-state index contributed by atoms with van der Waals surface area (Å²) in [6.45, 7) is -1.86. The molecule has 0 fully saturated rings. The maximum Gasteiger partial charge on any atom is 0.318 e. The Balaban J connectivity index is 3.04. The van der Waals surface area contributed by atoms with Crippen LogP contribution in [0.4, 0.5) is 0 Å². The van der Waals surface area contributed by atoms with Gasteiger partial charge in [0.05, 0.1) is 6.20 Å². The Hall–Kier alpha value is -1.94. The van der Waals surface area contributed by atoms with E-state index in [-0.39, 0.29) is 4.90 Å². The Morgan fingerprint density at radius 2 is 1.82 bits per heavy atom. The van der Waals surface area contributed by atoms with Gasteiger partial charge in [-0.1, -0.05) is 0 Å². The molecule has 1 heterocycles. The fourth-order valence-corrected chi connectivity index (χ4v) is 2.30. The number of nitrogens with zero attached hydrogens (tertiary/aromatic N) is 2. The molecule has 0 aliphatic heterocycles. The zero-order valence-corrected chi connectivity index (χ0v) is 9.22. The van der Waals surface area contributed by atoms with Crippen LogP contribution in [-0.2, 0) is 19.6 Å². The molecule has 0 aliphatic carbocycles. The summed E-state index contributed by atoms with van der Waals surface area (Å²) < 4.78 is 23.9. The Morgan fingerprint density at radius 1 is 1.29 bits per heavy atom. The van der Waals surface area contributed by atoms with Crippen molar-refractivity contribution in [3.05, 3.63) is 12.4 Å². The molecule has 9 nitrogen and oxygen atoms in total. The third-order valence-electron chi connectivity index (χ3n) is 1.73. The number of hydrogen-bond acceptors (Lipinski definition) is 5. The summed E-state index contributed by atoms with van der Waals surface area (Å²) in [5.74, 6) is -2.89. The minimum absolute atomic E-state index is 0.292. The molecule has 1 aromatic heterocycles.